The second-order valence-corrected chi connectivity index (χ2v) is 11.8. The smallest absolute Gasteiger partial charge is 0.253 e. The first-order valence-electron chi connectivity index (χ1n) is 14.1. The van der Waals surface area contributed by atoms with Gasteiger partial charge < -0.3 is 24.8 Å². The van der Waals surface area contributed by atoms with E-state index in [2.05, 4.69) is 31.0 Å². The molecule has 0 atom stereocenters. The fraction of sp³-hybridized carbons (Fsp3) is 0.364. The first-order valence-corrected chi connectivity index (χ1v) is 14.1. The summed E-state index contributed by atoms with van der Waals surface area (Å²) in [7, 11) is 1.59. The van der Waals surface area contributed by atoms with E-state index in [1.165, 1.54) is 5.56 Å². The molecule has 5 rings (SSSR count). The first kappa shape index (κ1) is 28.2. The standard InChI is InChI=1S/C33H38N4O4/c1-32(2,3)25-12-10-24(11-13-25)30(39)35-20-18-33(19-21-35)31(40)36(23-37(33)27-8-6-5-7-9-27)22-29(38)34-26-14-16-28(41-4)17-15-26/h5-17H,18-23H2,1-4H3,(H,34,38). The minimum atomic E-state index is -0.811. The molecular weight excluding hydrogens is 516 g/mol. The van der Waals surface area contributed by atoms with Crippen LogP contribution in [0.1, 0.15) is 49.5 Å². The zero-order chi connectivity index (χ0) is 29.2. The fourth-order valence-corrected chi connectivity index (χ4v) is 5.75. The molecule has 0 unspecified atom stereocenters. The van der Waals surface area contributed by atoms with E-state index in [9.17, 15) is 14.4 Å². The van der Waals surface area contributed by atoms with E-state index in [1.807, 2.05) is 59.5 Å². The molecule has 1 N–H and O–H groups in total. The Morgan fingerprint density at radius 1 is 0.902 bits per heavy atom. The van der Waals surface area contributed by atoms with Crippen molar-refractivity contribution in [3.8, 4) is 5.75 Å². The van der Waals surface area contributed by atoms with Crippen LogP contribution in [-0.2, 0) is 15.0 Å². The molecular formula is C33H38N4O4. The second kappa shape index (κ2) is 11.3. The number of piperidine rings is 1. The first-order chi connectivity index (χ1) is 19.6. The number of likely N-dealkylation sites (tertiary alicyclic amines) is 1. The molecule has 0 saturated carbocycles. The predicted molar refractivity (Wildman–Crippen MR) is 160 cm³/mol. The van der Waals surface area contributed by atoms with E-state index < -0.39 is 5.54 Å². The minimum Gasteiger partial charge on any atom is -0.497 e. The third kappa shape index (κ3) is 5.78. The summed E-state index contributed by atoms with van der Waals surface area (Å²) in [6.07, 6.45) is 0.978. The number of carbonyl (C=O) groups is 3. The van der Waals surface area contributed by atoms with Gasteiger partial charge in [0, 0.05) is 30.0 Å². The number of nitrogens with zero attached hydrogens (tertiary/aromatic N) is 3. The van der Waals surface area contributed by atoms with Crippen LogP contribution in [0.3, 0.4) is 0 Å². The SMILES string of the molecule is COc1ccc(NC(=O)CN2CN(c3ccccc3)C3(CCN(C(=O)c4ccc(C(C)(C)C)cc4)CC3)C2=O)cc1. The molecule has 0 aliphatic carbocycles. The fourth-order valence-electron chi connectivity index (χ4n) is 5.75. The predicted octanol–water partition coefficient (Wildman–Crippen LogP) is 4.91. The maximum atomic E-state index is 14.0. The Labute approximate surface area is 241 Å². The summed E-state index contributed by atoms with van der Waals surface area (Å²) in [6.45, 7) is 7.62. The van der Waals surface area contributed by atoms with E-state index >= 15 is 0 Å². The van der Waals surface area contributed by atoms with Gasteiger partial charge in [0.2, 0.25) is 5.91 Å². The van der Waals surface area contributed by atoms with Gasteiger partial charge in [-0.15, -0.1) is 0 Å². The molecule has 0 bridgehead atoms. The average Bonchev–Trinajstić information content (AvgIpc) is 3.23. The van der Waals surface area contributed by atoms with Gasteiger partial charge in [-0.3, -0.25) is 14.4 Å². The van der Waals surface area contributed by atoms with Gasteiger partial charge in [0.15, 0.2) is 0 Å². The highest BCUT2D eigenvalue weighted by molar-refractivity contribution is 6.00. The molecule has 3 aromatic carbocycles. The van der Waals surface area contributed by atoms with Crippen LogP contribution in [0.4, 0.5) is 11.4 Å². The van der Waals surface area contributed by atoms with Crippen molar-refractivity contribution in [3.05, 3.63) is 90.0 Å². The normalized spacial score (nSPS) is 16.7. The number of benzene rings is 3. The van der Waals surface area contributed by atoms with Crippen LogP contribution in [0.5, 0.6) is 5.75 Å². The number of amides is 3. The highest BCUT2D eigenvalue weighted by Crippen LogP contribution is 2.39. The molecule has 0 aromatic heterocycles. The summed E-state index contributed by atoms with van der Waals surface area (Å²) in [6, 6.07) is 24.7. The van der Waals surface area contributed by atoms with Crippen molar-refractivity contribution in [2.75, 3.05) is 43.6 Å². The Bertz CT molecular complexity index is 1390. The van der Waals surface area contributed by atoms with E-state index in [1.54, 1.807) is 36.3 Å². The van der Waals surface area contributed by atoms with Crippen LogP contribution in [0.2, 0.25) is 0 Å². The Kier molecular flexibility index (Phi) is 7.76. The number of rotatable bonds is 6. The molecule has 214 valence electrons. The molecule has 3 amide bonds. The number of ether oxygens (including phenoxy) is 1. The molecule has 1 spiro atoms. The molecule has 2 heterocycles. The van der Waals surface area contributed by atoms with Gasteiger partial charge in [-0.25, -0.2) is 0 Å². The van der Waals surface area contributed by atoms with E-state index in [0.29, 0.717) is 49.6 Å². The highest BCUT2D eigenvalue weighted by atomic mass is 16.5. The number of hydrogen-bond donors (Lipinski definition) is 1. The number of nitrogens with one attached hydrogen (secondary N) is 1. The lowest BCUT2D eigenvalue weighted by molar-refractivity contribution is -0.136. The molecule has 2 saturated heterocycles. The van der Waals surface area contributed by atoms with Crippen LogP contribution >= 0.6 is 0 Å². The van der Waals surface area contributed by atoms with Crippen LogP contribution in [0, 0.1) is 0 Å². The van der Waals surface area contributed by atoms with E-state index in [-0.39, 0.29) is 29.7 Å². The third-order valence-corrected chi connectivity index (χ3v) is 8.17. The van der Waals surface area contributed by atoms with Gasteiger partial charge in [-0.05, 0) is 72.4 Å². The summed E-state index contributed by atoms with van der Waals surface area (Å²) in [5.74, 6) is 0.338. The molecule has 8 heteroatoms. The van der Waals surface area contributed by atoms with Gasteiger partial charge in [0.05, 0.1) is 13.8 Å². The Hall–Kier alpha value is -4.33. The molecule has 8 nitrogen and oxygen atoms in total. The van der Waals surface area contributed by atoms with Gasteiger partial charge in [0.25, 0.3) is 11.8 Å². The maximum absolute atomic E-state index is 14.0. The lowest BCUT2D eigenvalue weighted by Crippen LogP contribution is -2.57. The van der Waals surface area contributed by atoms with Crippen LogP contribution in [-0.4, -0.2) is 66.5 Å². The largest absolute Gasteiger partial charge is 0.497 e. The van der Waals surface area contributed by atoms with Crippen molar-refractivity contribution in [3.63, 3.8) is 0 Å². The lowest BCUT2D eigenvalue weighted by Gasteiger charge is -2.43. The van der Waals surface area contributed by atoms with Gasteiger partial charge in [0.1, 0.15) is 17.8 Å². The van der Waals surface area contributed by atoms with Crippen LogP contribution < -0.4 is 15.0 Å². The van der Waals surface area contributed by atoms with Crippen molar-refractivity contribution >= 4 is 29.1 Å². The molecule has 2 aliphatic rings. The van der Waals surface area contributed by atoms with Crippen molar-refractivity contribution in [2.24, 2.45) is 0 Å². The van der Waals surface area contributed by atoms with Crippen molar-refractivity contribution in [1.82, 2.24) is 9.80 Å². The number of para-hydroxylation sites is 1. The van der Waals surface area contributed by atoms with E-state index in [0.717, 1.165) is 5.69 Å². The van der Waals surface area contributed by atoms with Gasteiger partial charge >= 0.3 is 0 Å². The molecule has 3 aromatic rings. The zero-order valence-corrected chi connectivity index (χ0v) is 24.2. The number of carbonyl (C=O) groups excluding carboxylic acids is 3. The van der Waals surface area contributed by atoms with Crippen molar-refractivity contribution in [1.29, 1.82) is 0 Å². The lowest BCUT2D eigenvalue weighted by atomic mass is 9.84. The Balaban J connectivity index is 1.30. The Morgan fingerprint density at radius 3 is 2.12 bits per heavy atom. The summed E-state index contributed by atoms with van der Waals surface area (Å²) >= 11 is 0. The van der Waals surface area contributed by atoms with E-state index in [4.69, 9.17) is 4.74 Å². The minimum absolute atomic E-state index is 0.0141. The maximum Gasteiger partial charge on any atom is 0.253 e. The Morgan fingerprint density at radius 2 is 1.54 bits per heavy atom. The molecule has 2 aliphatic heterocycles. The zero-order valence-electron chi connectivity index (χ0n) is 24.2. The van der Waals surface area contributed by atoms with Crippen LogP contribution in [0.15, 0.2) is 78.9 Å². The molecule has 0 radical (unpaired) electrons. The van der Waals surface area contributed by atoms with Gasteiger partial charge in [-0.1, -0.05) is 51.1 Å². The number of anilines is 2. The average molecular weight is 555 g/mol. The summed E-state index contributed by atoms with van der Waals surface area (Å²) in [5.41, 5.74) is 2.60. The molecule has 2 fully saturated rings. The monoisotopic (exact) mass is 554 g/mol. The van der Waals surface area contributed by atoms with Gasteiger partial charge in [-0.2, -0.15) is 0 Å². The highest BCUT2D eigenvalue weighted by Gasteiger charge is 2.54. The number of hydrogen-bond acceptors (Lipinski definition) is 5. The van der Waals surface area contributed by atoms with Crippen molar-refractivity contribution in [2.45, 2.75) is 44.6 Å². The number of methoxy groups -OCH3 is 1. The quantitative estimate of drug-likeness (QED) is 0.468. The summed E-state index contributed by atoms with van der Waals surface area (Å²) in [5, 5.41) is 2.88. The summed E-state index contributed by atoms with van der Waals surface area (Å²) < 4.78 is 5.18. The van der Waals surface area contributed by atoms with Crippen LogP contribution in [0.25, 0.3) is 0 Å². The topological polar surface area (TPSA) is 82.2 Å². The molecule has 41 heavy (non-hydrogen) atoms. The summed E-state index contributed by atoms with van der Waals surface area (Å²) in [4.78, 5) is 45.9. The second-order valence-electron chi connectivity index (χ2n) is 11.8. The van der Waals surface area contributed by atoms with Crippen molar-refractivity contribution < 1.29 is 19.1 Å². The third-order valence-electron chi connectivity index (χ3n) is 8.17.